The van der Waals surface area contributed by atoms with Gasteiger partial charge in [-0.05, 0) is 32.2 Å². The molecular weight excluding hydrogens is 222 g/mol. The Morgan fingerprint density at radius 2 is 1.71 bits per heavy atom. The van der Waals surface area contributed by atoms with Crippen molar-refractivity contribution >= 4 is 11.9 Å². The van der Waals surface area contributed by atoms with Gasteiger partial charge >= 0.3 is 11.9 Å². The fourth-order valence-corrected chi connectivity index (χ4v) is 2.41. The average molecular weight is 241 g/mol. The molecule has 1 heterocycles. The molecule has 0 spiro atoms. The van der Waals surface area contributed by atoms with Gasteiger partial charge < -0.3 is 14.8 Å². The van der Waals surface area contributed by atoms with Crippen LogP contribution in [-0.4, -0.2) is 31.3 Å². The van der Waals surface area contributed by atoms with E-state index in [1.54, 1.807) is 0 Å². The number of esters is 2. The van der Waals surface area contributed by atoms with Gasteiger partial charge in [0.25, 0.3) is 0 Å². The molecule has 1 N–H and O–H groups in total. The molecule has 0 aromatic carbocycles. The lowest BCUT2D eigenvalue weighted by atomic mass is 10.1. The first kappa shape index (κ1) is 12.4. The van der Waals surface area contributed by atoms with E-state index in [2.05, 4.69) is 5.32 Å². The van der Waals surface area contributed by atoms with E-state index in [9.17, 15) is 9.59 Å². The maximum Gasteiger partial charge on any atom is 0.326 e. The molecule has 2 fully saturated rings. The zero-order chi connectivity index (χ0) is 12.1. The minimum atomic E-state index is -0.318. The highest BCUT2D eigenvalue weighted by Gasteiger charge is 2.26. The highest BCUT2D eigenvalue weighted by Crippen LogP contribution is 2.25. The monoisotopic (exact) mass is 241 g/mol. The lowest BCUT2D eigenvalue weighted by Gasteiger charge is -2.12. The zero-order valence-corrected chi connectivity index (χ0v) is 9.94. The van der Waals surface area contributed by atoms with Crippen molar-refractivity contribution in [1.29, 1.82) is 0 Å². The van der Waals surface area contributed by atoms with Crippen LogP contribution in [0.25, 0.3) is 0 Å². The van der Waals surface area contributed by atoms with E-state index in [4.69, 9.17) is 9.47 Å². The number of carbonyl (C=O) groups excluding carboxylic acids is 2. The number of rotatable bonds is 4. The van der Waals surface area contributed by atoms with Crippen LogP contribution >= 0.6 is 0 Å². The standard InChI is InChI=1S/C12H19NO4/c14-11(9-4-1-2-5-9)16-8-17-12(15)10-6-3-7-13-10/h9-10,13H,1-8H2. The van der Waals surface area contributed by atoms with Crippen molar-refractivity contribution in [3.63, 3.8) is 0 Å². The maximum atomic E-state index is 11.5. The second-order valence-corrected chi connectivity index (χ2v) is 4.67. The highest BCUT2D eigenvalue weighted by molar-refractivity contribution is 5.76. The van der Waals surface area contributed by atoms with Gasteiger partial charge in [-0.3, -0.25) is 9.59 Å². The Bertz CT molecular complexity index is 252. The van der Waals surface area contributed by atoms with Crippen molar-refractivity contribution < 1.29 is 19.1 Å². The van der Waals surface area contributed by atoms with Crippen LogP contribution in [0, 0.1) is 5.92 Å². The normalized spacial score (nSPS) is 24.8. The topological polar surface area (TPSA) is 64.6 Å². The Balaban J connectivity index is 1.61. The third-order valence-corrected chi connectivity index (χ3v) is 3.44. The average Bonchev–Trinajstić information content (AvgIpc) is 3.02. The molecule has 1 aliphatic carbocycles. The lowest BCUT2D eigenvalue weighted by molar-refractivity contribution is -0.171. The van der Waals surface area contributed by atoms with Gasteiger partial charge in [-0.25, -0.2) is 0 Å². The Labute approximate surface area is 101 Å². The molecule has 5 nitrogen and oxygen atoms in total. The molecule has 5 heteroatoms. The van der Waals surface area contributed by atoms with Crippen molar-refractivity contribution in [1.82, 2.24) is 5.32 Å². The number of carbonyl (C=O) groups is 2. The van der Waals surface area contributed by atoms with Gasteiger partial charge in [0.15, 0.2) is 0 Å². The molecular formula is C12H19NO4. The van der Waals surface area contributed by atoms with E-state index in [-0.39, 0.29) is 30.7 Å². The van der Waals surface area contributed by atoms with E-state index in [0.717, 1.165) is 45.1 Å². The molecule has 2 rings (SSSR count). The number of ether oxygens (including phenoxy) is 2. The van der Waals surface area contributed by atoms with E-state index >= 15 is 0 Å². The summed E-state index contributed by atoms with van der Waals surface area (Å²) >= 11 is 0. The maximum absolute atomic E-state index is 11.5. The molecule has 0 radical (unpaired) electrons. The largest absolute Gasteiger partial charge is 0.428 e. The first-order valence-corrected chi connectivity index (χ1v) is 6.34. The Kier molecular flexibility index (Phi) is 4.36. The number of hydrogen-bond donors (Lipinski definition) is 1. The summed E-state index contributed by atoms with van der Waals surface area (Å²) in [4.78, 5) is 23.0. The molecule has 0 bridgehead atoms. The summed E-state index contributed by atoms with van der Waals surface area (Å²) in [5.41, 5.74) is 0. The van der Waals surface area contributed by atoms with Gasteiger partial charge in [-0.15, -0.1) is 0 Å². The minimum absolute atomic E-state index is 0.0123. The quantitative estimate of drug-likeness (QED) is 0.587. The zero-order valence-electron chi connectivity index (χ0n) is 9.94. The molecule has 1 saturated heterocycles. The molecule has 17 heavy (non-hydrogen) atoms. The van der Waals surface area contributed by atoms with Crippen LogP contribution < -0.4 is 5.32 Å². The summed E-state index contributed by atoms with van der Waals surface area (Å²) in [5, 5.41) is 3.03. The molecule has 1 unspecified atom stereocenters. The van der Waals surface area contributed by atoms with Crippen LogP contribution in [0.15, 0.2) is 0 Å². The predicted octanol–water partition coefficient (Wildman–Crippen LogP) is 0.972. The van der Waals surface area contributed by atoms with Crippen molar-refractivity contribution in [3.05, 3.63) is 0 Å². The summed E-state index contributed by atoms with van der Waals surface area (Å²) in [6, 6.07) is -0.222. The third-order valence-electron chi connectivity index (χ3n) is 3.44. The second kappa shape index (κ2) is 6.00. The molecule has 0 aromatic heterocycles. The number of nitrogens with one attached hydrogen (secondary N) is 1. The summed E-state index contributed by atoms with van der Waals surface area (Å²) in [6.07, 6.45) is 5.77. The summed E-state index contributed by atoms with van der Waals surface area (Å²) in [7, 11) is 0. The Morgan fingerprint density at radius 3 is 2.35 bits per heavy atom. The van der Waals surface area contributed by atoms with E-state index in [1.165, 1.54) is 0 Å². The summed E-state index contributed by atoms with van der Waals surface area (Å²) in [6.45, 7) is 0.605. The van der Waals surface area contributed by atoms with E-state index < -0.39 is 0 Å². The lowest BCUT2D eigenvalue weighted by Crippen LogP contribution is -2.33. The molecule has 2 aliphatic rings. The highest BCUT2D eigenvalue weighted by atomic mass is 16.7. The van der Waals surface area contributed by atoms with Crippen molar-refractivity contribution in [2.24, 2.45) is 5.92 Å². The van der Waals surface area contributed by atoms with Crippen molar-refractivity contribution in [3.8, 4) is 0 Å². The molecule has 1 saturated carbocycles. The van der Waals surface area contributed by atoms with Gasteiger partial charge in [-0.1, -0.05) is 12.8 Å². The van der Waals surface area contributed by atoms with Crippen LogP contribution in [0.3, 0.4) is 0 Å². The van der Waals surface area contributed by atoms with Crippen molar-refractivity contribution in [2.45, 2.75) is 44.6 Å². The fraction of sp³-hybridized carbons (Fsp3) is 0.833. The molecule has 1 atom stereocenters. The smallest absolute Gasteiger partial charge is 0.326 e. The van der Waals surface area contributed by atoms with Gasteiger partial charge in [-0.2, -0.15) is 0 Å². The minimum Gasteiger partial charge on any atom is -0.428 e. The van der Waals surface area contributed by atoms with Gasteiger partial charge in [0.05, 0.1) is 5.92 Å². The fourth-order valence-electron chi connectivity index (χ4n) is 2.41. The number of hydrogen-bond acceptors (Lipinski definition) is 5. The molecule has 0 amide bonds. The van der Waals surface area contributed by atoms with Crippen LogP contribution in [0.5, 0.6) is 0 Å². The third kappa shape index (κ3) is 3.43. The predicted molar refractivity (Wildman–Crippen MR) is 60.0 cm³/mol. The van der Waals surface area contributed by atoms with E-state index in [1.807, 2.05) is 0 Å². The van der Waals surface area contributed by atoms with Gasteiger partial charge in [0, 0.05) is 0 Å². The van der Waals surface area contributed by atoms with Crippen LogP contribution in [-0.2, 0) is 19.1 Å². The van der Waals surface area contributed by atoms with Gasteiger partial charge in [0.1, 0.15) is 6.04 Å². The molecule has 96 valence electrons. The summed E-state index contributed by atoms with van der Waals surface area (Å²) < 4.78 is 9.86. The van der Waals surface area contributed by atoms with Crippen LogP contribution in [0.1, 0.15) is 38.5 Å². The van der Waals surface area contributed by atoms with Crippen LogP contribution in [0.4, 0.5) is 0 Å². The SMILES string of the molecule is O=C(OCOC(=O)C1CCCN1)C1CCCC1. The van der Waals surface area contributed by atoms with E-state index in [0.29, 0.717) is 0 Å². The molecule has 1 aliphatic heterocycles. The first-order valence-electron chi connectivity index (χ1n) is 6.34. The second-order valence-electron chi connectivity index (χ2n) is 4.67. The molecule has 0 aromatic rings. The Morgan fingerprint density at radius 1 is 1.00 bits per heavy atom. The van der Waals surface area contributed by atoms with Crippen molar-refractivity contribution in [2.75, 3.05) is 13.3 Å². The van der Waals surface area contributed by atoms with Gasteiger partial charge in [0.2, 0.25) is 6.79 Å². The van der Waals surface area contributed by atoms with Crippen LogP contribution in [0.2, 0.25) is 0 Å². The summed E-state index contributed by atoms with van der Waals surface area (Å²) in [5.74, 6) is -0.533. The first-order chi connectivity index (χ1) is 8.27. The Hall–Kier alpha value is -1.10.